The molecule has 1 unspecified atom stereocenters. The smallest absolute Gasteiger partial charge is 0.314 e. The van der Waals surface area contributed by atoms with E-state index in [4.69, 9.17) is 16.3 Å². The average molecular weight is 344 g/mol. The number of halogens is 2. The van der Waals surface area contributed by atoms with E-state index in [2.05, 4.69) is 15.5 Å². The van der Waals surface area contributed by atoms with Crippen LogP contribution in [0.1, 0.15) is 24.4 Å². The summed E-state index contributed by atoms with van der Waals surface area (Å²) < 4.78 is 19.2. The number of likely N-dealkylation sites (tertiary alicyclic amines) is 1. The number of hydrogen-bond acceptors (Lipinski definition) is 3. The lowest BCUT2D eigenvalue weighted by Crippen LogP contribution is -2.42. The normalized spacial score (nSPS) is 16.3. The van der Waals surface area contributed by atoms with Crippen molar-refractivity contribution in [2.75, 3.05) is 39.9 Å². The summed E-state index contributed by atoms with van der Waals surface area (Å²) in [5.74, 6) is -0.337. The molecule has 0 saturated carbocycles. The van der Waals surface area contributed by atoms with Crippen LogP contribution in [0.5, 0.6) is 0 Å². The lowest BCUT2D eigenvalue weighted by Gasteiger charge is -2.29. The third-order valence-electron chi connectivity index (χ3n) is 3.96. The number of nitrogens with zero attached hydrogens (tertiary/aromatic N) is 1. The van der Waals surface area contributed by atoms with E-state index in [1.54, 1.807) is 19.2 Å². The Morgan fingerprint density at radius 1 is 1.39 bits per heavy atom. The number of amides is 2. The van der Waals surface area contributed by atoms with Crippen LogP contribution < -0.4 is 10.6 Å². The van der Waals surface area contributed by atoms with Crippen molar-refractivity contribution < 1.29 is 13.9 Å². The van der Waals surface area contributed by atoms with Gasteiger partial charge in [0.1, 0.15) is 5.82 Å². The first-order valence-corrected chi connectivity index (χ1v) is 8.20. The monoisotopic (exact) mass is 343 g/mol. The van der Waals surface area contributed by atoms with Crippen LogP contribution in [0.25, 0.3) is 0 Å². The van der Waals surface area contributed by atoms with E-state index >= 15 is 0 Å². The van der Waals surface area contributed by atoms with Gasteiger partial charge >= 0.3 is 6.03 Å². The number of methoxy groups -OCH3 is 1. The predicted octanol–water partition coefficient (Wildman–Crippen LogP) is 2.56. The summed E-state index contributed by atoms with van der Waals surface area (Å²) in [6.07, 6.45) is 2.14. The van der Waals surface area contributed by atoms with Gasteiger partial charge in [0.05, 0.1) is 12.6 Å². The van der Waals surface area contributed by atoms with Crippen molar-refractivity contribution in [3.8, 4) is 0 Å². The second-order valence-corrected chi connectivity index (χ2v) is 5.93. The molecule has 1 fully saturated rings. The number of nitrogens with one attached hydrogen (secondary N) is 2. The first-order valence-electron chi connectivity index (χ1n) is 7.82. The van der Waals surface area contributed by atoms with Gasteiger partial charge in [-0.2, -0.15) is 0 Å². The predicted molar refractivity (Wildman–Crippen MR) is 88.2 cm³/mol. The average Bonchev–Trinajstić information content (AvgIpc) is 3.04. The van der Waals surface area contributed by atoms with Gasteiger partial charge in [0.15, 0.2) is 0 Å². The SMILES string of the molecule is COCCNC(=O)NCC(c1c(F)cccc1Cl)N1CCCC1. The van der Waals surface area contributed by atoms with Crippen molar-refractivity contribution in [3.05, 3.63) is 34.6 Å². The van der Waals surface area contributed by atoms with Gasteiger partial charge < -0.3 is 15.4 Å². The molecule has 0 radical (unpaired) electrons. The molecule has 7 heteroatoms. The molecule has 1 atom stereocenters. The van der Waals surface area contributed by atoms with Crippen molar-refractivity contribution in [2.45, 2.75) is 18.9 Å². The maximum absolute atomic E-state index is 14.3. The van der Waals surface area contributed by atoms with Crippen LogP contribution in [0.15, 0.2) is 18.2 Å². The molecule has 1 aromatic rings. The van der Waals surface area contributed by atoms with Crippen LogP contribution in [0.2, 0.25) is 5.02 Å². The van der Waals surface area contributed by atoms with E-state index in [0.29, 0.717) is 30.3 Å². The largest absolute Gasteiger partial charge is 0.383 e. The standard InChI is InChI=1S/C16H23ClFN3O2/c1-23-10-7-19-16(22)20-11-14(21-8-2-3-9-21)15-12(17)5-4-6-13(15)18/h4-6,14H,2-3,7-11H2,1H3,(H2,19,20,22). The molecule has 1 aromatic carbocycles. The minimum absolute atomic E-state index is 0.264. The molecule has 0 aliphatic carbocycles. The van der Waals surface area contributed by atoms with Gasteiger partial charge in [-0.05, 0) is 38.1 Å². The Hall–Kier alpha value is -1.37. The minimum atomic E-state index is -0.337. The first-order chi connectivity index (χ1) is 11.1. The molecule has 2 rings (SSSR count). The molecule has 0 aromatic heterocycles. The molecule has 0 spiro atoms. The summed E-state index contributed by atoms with van der Waals surface area (Å²) in [4.78, 5) is 14.0. The molecule has 0 bridgehead atoms. The Morgan fingerprint density at radius 3 is 2.78 bits per heavy atom. The number of urea groups is 1. The number of rotatable bonds is 7. The van der Waals surface area contributed by atoms with Gasteiger partial charge in [-0.3, -0.25) is 4.90 Å². The lowest BCUT2D eigenvalue weighted by atomic mass is 10.0. The third kappa shape index (κ3) is 5.06. The van der Waals surface area contributed by atoms with Crippen LogP contribution >= 0.6 is 11.6 Å². The van der Waals surface area contributed by atoms with E-state index in [9.17, 15) is 9.18 Å². The molecule has 2 amide bonds. The number of carbonyl (C=O) groups is 1. The molecule has 2 N–H and O–H groups in total. The van der Waals surface area contributed by atoms with E-state index < -0.39 is 0 Å². The fourth-order valence-electron chi connectivity index (χ4n) is 2.81. The van der Waals surface area contributed by atoms with Crippen molar-refractivity contribution >= 4 is 17.6 Å². The molecule has 1 aliphatic heterocycles. The highest BCUT2D eigenvalue weighted by Crippen LogP contribution is 2.31. The highest BCUT2D eigenvalue weighted by atomic mass is 35.5. The molecule has 128 valence electrons. The van der Waals surface area contributed by atoms with Crippen LogP contribution in [0.3, 0.4) is 0 Å². The van der Waals surface area contributed by atoms with Crippen LogP contribution in [0, 0.1) is 5.82 Å². The van der Waals surface area contributed by atoms with Crippen molar-refractivity contribution in [1.82, 2.24) is 15.5 Å². The van der Waals surface area contributed by atoms with E-state index in [1.165, 1.54) is 6.07 Å². The minimum Gasteiger partial charge on any atom is -0.383 e. The summed E-state index contributed by atoms with van der Waals surface area (Å²) in [5.41, 5.74) is 0.452. The van der Waals surface area contributed by atoms with Crippen LogP contribution in [-0.4, -0.2) is 50.8 Å². The number of carbonyl (C=O) groups excluding carboxylic acids is 1. The van der Waals surface area contributed by atoms with Gasteiger partial charge in [0.25, 0.3) is 0 Å². The Balaban J connectivity index is 2.05. The van der Waals surface area contributed by atoms with Gasteiger partial charge in [-0.1, -0.05) is 17.7 Å². The molecular formula is C16H23ClFN3O2. The summed E-state index contributed by atoms with van der Waals surface area (Å²) >= 11 is 6.21. The van der Waals surface area contributed by atoms with Gasteiger partial charge in [0, 0.05) is 30.8 Å². The summed E-state index contributed by atoms with van der Waals surface area (Å²) in [6, 6.07) is 4.12. The third-order valence-corrected chi connectivity index (χ3v) is 4.29. The summed E-state index contributed by atoms with van der Waals surface area (Å²) in [5, 5.41) is 5.88. The van der Waals surface area contributed by atoms with E-state index in [1.807, 2.05) is 0 Å². The lowest BCUT2D eigenvalue weighted by molar-refractivity contribution is 0.193. The van der Waals surface area contributed by atoms with Crippen molar-refractivity contribution in [3.63, 3.8) is 0 Å². The highest BCUT2D eigenvalue weighted by Gasteiger charge is 2.27. The second kappa shape index (κ2) is 9.05. The molecule has 1 heterocycles. The Labute approximate surface area is 141 Å². The van der Waals surface area contributed by atoms with Gasteiger partial charge in [-0.15, -0.1) is 0 Å². The molecular weight excluding hydrogens is 321 g/mol. The van der Waals surface area contributed by atoms with Crippen molar-refractivity contribution in [1.29, 1.82) is 0 Å². The van der Waals surface area contributed by atoms with E-state index in [0.717, 1.165) is 25.9 Å². The van der Waals surface area contributed by atoms with Gasteiger partial charge in [-0.25, -0.2) is 9.18 Å². The Morgan fingerprint density at radius 2 is 2.13 bits per heavy atom. The number of ether oxygens (including phenoxy) is 1. The van der Waals surface area contributed by atoms with Crippen LogP contribution in [0.4, 0.5) is 9.18 Å². The van der Waals surface area contributed by atoms with Crippen molar-refractivity contribution in [2.24, 2.45) is 0 Å². The molecule has 23 heavy (non-hydrogen) atoms. The maximum Gasteiger partial charge on any atom is 0.314 e. The zero-order chi connectivity index (χ0) is 16.7. The highest BCUT2D eigenvalue weighted by molar-refractivity contribution is 6.31. The Kier molecular flexibility index (Phi) is 7.08. The summed E-state index contributed by atoms with van der Waals surface area (Å²) in [6.45, 7) is 2.93. The zero-order valence-electron chi connectivity index (χ0n) is 13.3. The molecule has 1 aliphatic rings. The topological polar surface area (TPSA) is 53.6 Å². The summed E-state index contributed by atoms with van der Waals surface area (Å²) in [7, 11) is 1.57. The molecule has 5 nitrogen and oxygen atoms in total. The fourth-order valence-corrected chi connectivity index (χ4v) is 3.10. The second-order valence-electron chi connectivity index (χ2n) is 5.52. The van der Waals surface area contributed by atoms with E-state index in [-0.39, 0.29) is 17.9 Å². The molecule has 1 saturated heterocycles. The Bertz CT molecular complexity index is 504. The first kappa shape index (κ1) is 18.0. The number of hydrogen-bond donors (Lipinski definition) is 2. The zero-order valence-corrected chi connectivity index (χ0v) is 14.0. The maximum atomic E-state index is 14.3. The van der Waals surface area contributed by atoms with Crippen LogP contribution in [-0.2, 0) is 4.74 Å². The quantitative estimate of drug-likeness (QED) is 0.748. The fraction of sp³-hybridized carbons (Fsp3) is 0.562. The van der Waals surface area contributed by atoms with Gasteiger partial charge in [0.2, 0.25) is 0 Å². The number of benzene rings is 1.